The summed E-state index contributed by atoms with van der Waals surface area (Å²) in [6.07, 6.45) is 1.06. The van der Waals surface area contributed by atoms with Crippen LogP contribution in [0.25, 0.3) is 201 Å². The smallest absolute Gasteiger partial charge is 0.0670 e. The molecule has 5 nitrogen and oxygen atoms in total. The Bertz CT molecular complexity index is 7690. The normalized spacial score (nSPS) is 12.2. The number of para-hydroxylation sites is 5. The summed E-state index contributed by atoms with van der Waals surface area (Å²) < 4.78 is 22.6. The Morgan fingerprint density at radius 1 is 0.200 bits per heavy atom. The molecule has 0 N–H and O–H groups in total. The third-order valence-corrected chi connectivity index (χ3v) is 27.1. The van der Waals surface area contributed by atoms with Gasteiger partial charge in [-0.25, -0.2) is 0 Å². The maximum atomic E-state index is 2.40. The van der Waals surface area contributed by atoms with E-state index >= 15 is 0 Å². The molecule has 0 saturated carbocycles. The monoisotopic (exact) mass is 1420 g/mol. The Kier molecular flexibility index (Phi) is 14.2. The SMILES string of the molecule is Cn1c2ccccc2c2c3c(ccc21)sc1ccccc13.Cn1c2ccccc2c2cc3c(cc21)-c1ccccc1C3.Cn1c2ccccc2c2cc3c(cc21)sc1ccccc13.Cn1c2ccccc2c2ccc3c4ccccc4sc3c21.Cn1c2ccccc2c2ccc3sc4ccccc4c3c21. The van der Waals surface area contributed by atoms with Gasteiger partial charge in [-0.1, -0.05) is 206 Å². The molecule has 15 aromatic carbocycles. The molecule has 0 unspecified atom stereocenters. The summed E-state index contributed by atoms with van der Waals surface area (Å²) >= 11 is 7.55. The van der Waals surface area contributed by atoms with Gasteiger partial charge in [0.05, 0.1) is 21.3 Å². The first-order valence-electron chi connectivity index (χ1n) is 35.9. The first-order chi connectivity index (χ1) is 51.7. The summed E-state index contributed by atoms with van der Waals surface area (Å²) in [6.45, 7) is 0. The highest BCUT2D eigenvalue weighted by Crippen LogP contribution is 2.47. The largest absolute Gasteiger partial charge is 0.344 e. The number of thiophene rings is 4. The molecule has 1 aliphatic rings. The second kappa shape index (κ2) is 24.1. The Hall–Kier alpha value is -11.8. The highest BCUT2D eigenvalue weighted by atomic mass is 32.1. The lowest BCUT2D eigenvalue weighted by molar-refractivity contribution is 1.01. The van der Waals surface area contributed by atoms with E-state index in [4.69, 9.17) is 0 Å². The lowest BCUT2D eigenvalue weighted by Gasteiger charge is -2.03. The van der Waals surface area contributed by atoms with Gasteiger partial charge < -0.3 is 22.8 Å². The zero-order valence-electron chi connectivity index (χ0n) is 58.4. The molecule has 0 atom stereocenters. The number of fused-ring (bicyclic) bond motifs is 33. The van der Waals surface area contributed by atoms with E-state index in [0.717, 1.165) is 6.42 Å². The van der Waals surface area contributed by atoms with Crippen LogP contribution in [0.3, 0.4) is 0 Å². The molecule has 0 fully saturated rings. The van der Waals surface area contributed by atoms with Gasteiger partial charge in [-0.05, 0) is 126 Å². The molecule has 1 aliphatic carbocycles. The van der Waals surface area contributed by atoms with Crippen LogP contribution in [-0.2, 0) is 41.7 Å². The topological polar surface area (TPSA) is 24.6 Å². The van der Waals surface area contributed by atoms with E-state index in [-0.39, 0.29) is 0 Å². The zero-order valence-corrected chi connectivity index (χ0v) is 61.7. The first kappa shape index (κ1) is 61.8. The molecule has 24 aromatic rings. The highest BCUT2D eigenvalue weighted by Gasteiger charge is 2.23. The molecule has 9 heterocycles. The van der Waals surface area contributed by atoms with Gasteiger partial charge >= 0.3 is 0 Å². The fourth-order valence-electron chi connectivity index (χ4n) is 17.5. The number of hydrogen-bond donors (Lipinski definition) is 0. The second-order valence-corrected chi connectivity index (χ2v) is 32.3. The number of rotatable bonds is 0. The molecule has 0 bridgehead atoms. The quantitative estimate of drug-likeness (QED) is 0.145. The van der Waals surface area contributed by atoms with Crippen LogP contribution < -0.4 is 0 Å². The van der Waals surface area contributed by atoms with Crippen LogP contribution in [0.1, 0.15) is 11.1 Å². The average molecular weight is 1420 g/mol. The van der Waals surface area contributed by atoms with Crippen molar-refractivity contribution in [3.63, 3.8) is 0 Å². The van der Waals surface area contributed by atoms with E-state index in [1.54, 1.807) is 0 Å². The fourth-order valence-corrected chi connectivity index (χ4v) is 22.2. The summed E-state index contributed by atoms with van der Waals surface area (Å²) in [4.78, 5) is 0. The van der Waals surface area contributed by atoms with Crippen LogP contribution >= 0.6 is 45.3 Å². The molecule has 0 amide bonds. The van der Waals surface area contributed by atoms with Crippen molar-refractivity contribution in [2.24, 2.45) is 35.2 Å². The van der Waals surface area contributed by atoms with Crippen LogP contribution in [0.5, 0.6) is 0 Å². The average Bonchev–Trinajstić information content (AvgIpc) is 1.45. The van der Waals surface area contributed by atoms with E-state index in [0.29, 0.717) is 0 Å². The molecule has 0 spiro atoms. The predicted molar refractivity (Wildman–Crippen MR) is 462 cm³/mol. The van der Waals surface area contributed by atoms with Crippen molar-refractivity contribution in [2.75, 3.05) is 0 Å². The minimum absolute atomic E-state index is 1.06. The van der Waals surface area contributed by atoms with Crippen molar-refractivity contribution in [1.29, 1.82) is 0 Å². The molecule has 0 saturated heterocycles. The van der Waals surface area contributed by atoms with E-state index in [1.807, 2.05) is 45.3 Å². The standard InChI is InChI=1S/C20H15N.4C19H13NS/c1-21-19-9-5-4-8-16(19)18-11-14-10-13-6-2-3-7-15(13)17(14)12-20(18)21;1-20-16-8-4-2-6-12(16)14-10-15-13-7-3-5-9-18(13)21-19(15)11-17(14)20;1-20-15-8-4-2-6-12(15)13-10-11-17-18(19(13)20)14-7-3-5-9-16(14)21-17;1-20-16-8-4-2-6-12(16)14-10-11-15-13-7-3-5-9-17(13)21-19(15)18(14)20;1-20-14-8-4-2-6-12(14)18-15(20)10-11-17-19(18)13-7-3-5-9-16(13)21-17/h2-9,11-12H,10H2,1H3;4*2-11H,1H3. The van der Waals surface area contributed by atoms with Crippen LogP contribution in [0.15, 0.2) is 303 Å². The summed E-state index contributed by atoms with van der Waals surface area (Å²) in [5, 5.41) is 24.6. The Balaban J connectivity index is 0.0000000846. The van der Waals surface area contributed by atoms with Gasteiger partial charge in [0.15, 0.2) is 0 Å². The molecule has 500 valence electrons. The molecule has 0 aliphatic heterocycles. The number of aromatic nitrogens is 5. The summed E-state index contributed by atoms with van der Waals surface area (Å²) in [7, 11) is 10.8. The van der Waals surface area contributed by atoms with E-state index in [1.165, 1.54) is 212 Å². The third-order valence-electron chi connectivity index (χ3n) is 22.5. The van der Waals surface area contributed by atoms with Gasteiger partial charge in [-0.2, -0.15) is 0 Å². The molecule has 25 rings (SSSR count). The van der Waals surface area contributed by atoms with Crippen molar-refractivity contribution in [1.82, 2.24) is 22.8 Å². The molecular formula is C96H67N5S4. The van der Waals surface area contributed by atoms with Crippen LogP contribution in [0, 0.1) is 0 Å². The maximum absolute atomic E-state index is 2.40. The fraction of sp³-hybridized carbons (Fsp3) is 0.0625. The van der Waals surface area contributed by atoms with Crippen LogP contribution in [0.2, 0.25) is 0 Å². The number of aryl methyl sites for hydroxylation is 5. The number of benzene rings is 15. The van der Waals surface area contributed by atoms with E-state index in [2.05, 4.69) is 361 Å². The second-order valence-electron chi connectivity index (χ2n) is 28.0. The van der Waals surface area contributed by atoms with Gasteiger partial charge in [0, 0.05) is 204 Å². The molecule has 9 aromatic heterocycles. The highest BCUT2D eigenvalue weighted by molar-refractivity contribution is 7.27. The van der Waals surface area contributed by atoms with Crippen molar-refractivity contribution >= 4 is 235 Å². The maximum Gasteiger partial charge on any atom is 0.0670 e. The summed E-state index contributed by atoms with van der Waals surface area (Å²) in [6, 6.07) is 110. The van der Waals surface area contributed by atoms with Crippen molar-refractivity contribution < 1.29 is 0 Å². The van der Waals surface area contributed by atoms with Crippen molar-refractivity contribution in [3.8, 4) is 11.1 Å². The molecule has 105 heavy (non-hydrogen) atoms. The first-order valence-corrected chi connectivity index (χ1v) is 39.1. The van der Waals surface area contributed by atoms with Gasteiger partial charge in [0.1, 0.15) is 0 Å². The molecule has 0 radical (unpaired) electrons. The van der Waals surface area contributed by atoms with Gasteiger partial charge in [0.2, 0.25) is 0 Å². The van der Waals surface area contributed by atoms with Gasteiger partial charge in [0.25, 0.3) is 0 Å². The van der Waals surface area contributed by atoms with Crippen molar-refractivity contribution in [2.45, 2.75) is 6.42 Å². The Labute approximate surface area is 620 Å². The minimum Gasteiger partial charge on any atom is -0.344 e. The number of hydrogen-bond acceptors (Lipinski definition) is 4. The van der Waals surface area contributed by atoms with Gasteiger partial charge in [-0.15, -0.1) is 45.3 Å². The lowest BCUT2D eigenvalue weighted by Crippen LogP contribution is -1.87. The van der Waals surface area contributed by atoms with Crippen LogP contribution in [-0.4, -0.2) is 22.8 Å². The lowest BCUT2D eigenvalue weighted by atomic mass is 10.0. The molecule has 9 heteroatoms. The van der Waals surface area contributed by atoms with E-state index < -0.39 is 0 Å². The minimum atomic E-state index is 1.06. The van der Waals surface area contributed by atoms with Crippen molar-refractivity contribution in [3.05, 3.63) is 314 Å². The number of nitrogens with zero attached hydrogens (tertiary/aromatic N) is 5. The Morgan fingerprint density at radius 2 is 0.600 bits per heavy atom. The van der Waals surface area contributed by atoms with Gasteiger partial charge in [-0.3, -0.25) is 0 Å². The molecular weight excluding hydrogens is 1350 g/mol. The summed E-state index contributed by atoms with van der Waals surface area (Å²) in [5.41, 5.74) is 18.9. The zero-order chi connectivity index (χ0) is 69.9. The predicted octanol–water partition coefficient (Wildman–Crippen LogP) is 27.7. The van der Waals surface area contributed by atoms with Crippen LogP contribution in [0.4, 0.5) is 0 Å². The van der Waals surface area contributed by atoms with E-state index in [9.17, 15) is 0 Å². The third kappa shape index (κ3) is 9.48. The summed E-state index contributed by atoms with van der Waals surface area (Å²) in [5.74, 6) is 0. The Morgan fingerprint density at radius 3 is 1.23 bits per heavy atom.